The van der Waals surface area contributed by atoms with Crippen molar-refractivity contribution in [3.63, 3.8) is 0 Å². The minimum Gasteiger partial charge on any atom is -0.389 e. The summed E-state index contributed by atoms with van der Waals surface area (Å²) < 4.78 is 18.3. The molecule has 1 unspecified atom stereocenters. The highest BCUT2D eigenvalue weighted by molar-refractivity contribution is 5.23. The molecule has 0 amide bonds. The number of aliphatic hydroxyl groups is 1. The molecule has 0 aliphatic carbocycles. The number of aliphatic hydroxyl groups excluding tert-OH is 1. The van der Waals surface area contributed by atoms with E-state index >= 15 is 0 Å². The molecule has 0 saturated heterocycles. The molecular formula is C13H20FNO2. The van der Waals surface area contributed by atoms with Crippen LogP contribution in [-0.4, -0.2) is 43.4 Å². The van der Waals surface area contributed by atoms with Crippen LogP contribution in [0.1, 0.15) is 11.1 Å². The van der Waals surface area contributed by atoms with Gasteiger partial charge in [0.2, 0.25) is 0 Å². The Morgan fingerprint density at radius 1 is 1.47 bits per heavy atom. The third-order valence-electron chi connectivity index (χ3n) is 2.52. The van der Waals surface area contributed by atoms with Crippen molar-refractivity contribution in [2.75, 3.05) is 27.3 Å². The van der Waals surface area contributed by atoms with Crippen molar-refractivity contribution < 1.29 is 14.2 Å². The van der Waals surface area contributed by atoms with Crippen LogP contribution in [0, 0.1) is 12.7 Å². The van der Waals surface area contributed by atoms with Gasteiger partial charge in [-0.25, -0.2) is 4.39 Å². The standard InChI is InChI=1S/C13H20FNO2/c1-10-4-5-13(14)11(6-10)7-15(2)8-12(16)9-17-3/h4-6,12,16H,7-9H2,1-3H3. The Labute approximate surface area is 102 Å². The molecular weight excluding hydrogens is 221 g/mol. The van der Waals surface area contributed by atoms with Crippen LogP contribution >= 0.6 is 0 Å². The molecule has 0 aliphatic rings. The topological polar surface area (TPSA) is 32.7 Å². The van der Waals surface area contributed by atoms with Gasteiger partial charge in [-0.2, -0.15) is 0 Å². The molecule has 0 saturated carbocycles. The van der Waals surface area contributed by atoms with Crippen LogP contribution in [0.3, 0.4) is 0 Å². The molecule has 4 heteroatoms. The highest BCUT2D eigenvalue weighted by atomic mass is 19.1. The first-order valence-electron chi connectivity index (χ1n) is 5.63. The first-order valence-corrected chi connectivity index (χ1v) is 5.63. The Balaban J connectivity index is 2.55. The predicted octanol–water partition coefficient (Wildman–Crippen LogP) is 1.57. The zero-order chi connectivity index (χ0) is 12.8. The summed E-state index contributed by atoms with van der Waals surface area (Å²) in [6.45, 7) is 3.17. The quantitative estimate of drug-likeness (QED) is 0.820. The summed E-state index contributed by atoms with van der Waals surface area (Å²) in [5.74, 6) is -0.205. The van der Waals surface area contributed by atoms with Crippen molar-refractivity contribution in [3.8, 4) is 0 Å². The van der Waals surface area contributed by atoms with E-state index in [1.807, 2.05) is 24.9 Å². The van der Waals surface area contributed by atoms with Gasteiger partial charge in [0.15, 0.2) is 0 Å². The van der Waals surface area contributed by atoms with Crippen molar-refractivity contribution in [2.45, 2.75) is 19.6 Å². The zero-order valence-corrected chi connectivity index (χ0v) is 10.6. The molecule has 1 atom stereocenters. The van der Waals surface area contributed by atoms with Crippen LogP contribution in [0.15, 0.2) is 18.2 Å². The molecule has 0 bridgehead atoms. The first-order chi connectivity index (χ1) is 8.02. The molecule has 1 aromatic carbocycles. The average Bonchev–Trinajstić information content (AvgIpc) is 2.23. The van der Waals surface area contributed by atoms with Crippen LogP contribution in [-0.2, 0) is 11.3 Å². The van der Waals surface area contributed by atoms with E-state index < -0.39 is 6.10 Å². The molecule has 96 valence electrons. The smallest absolute Gasteiger partial charge is 0.127 e. The summed E-state index contributed by atoms with van der Waals surface area (Å²) in [6, 6.07) is 5.05. The number of ether oxygens (including phenoxy) is 1. The van der Waals surface area contributed by atoms with Gasteiger partial charge < -0.3 is 9.84 Å². The molecule has 17 heavy (non-hydrogen) atoms. The lowest BCUT2D eigenvalue weighted by molar-refractivity contribution is 0.0417. The molecule has 1 N–H and O–H groups in total. The van der Waals surface area contributed by atoms with Crippen molar-refractivity contribution in [2.24, 2.45) is 0 Å². The summed E-state index contributed by atoms with van der Waals surface area (Å²) in [4.78, 5) is 1.88. The summed E-state index contributed by atoms with van der Waals surface area (Å²) in [7, 11) is 3.39. The van der Waals surface area contributed by atoms with Gasteiger partial charge in [0.25, 0.3) is 0 Å². The highest BCUT2D eigenvalue weighted by Crippen LogP contribution is 2.12. The summed E-state index contributed by atoms with van der Waals surface area (Å²) in [6.07, 6.45) is -0.544. The minimum absolute atomic E-state index is 0.205. The molecule has 3 nitrogen and oxygen atoms in total. The lowest BCUT2D eigenvalue weighted by Gasteiger charge is -2.20. The van der Waals surface area contributed by atoms with Crippen molar-refractivity contribution in [3.05, 3.63) is 35.1 Å². The monoisotopic (exact) mass is 241 g/mol. The van der Waals surface area contributed by atoms with Crippen LogP contribution < -0.4 is 0 Å². The van der Waals surface area contributed by atoms with E-state index in [2.05, 4.69) is 0 Å². The fourth-order valence-corrected chi connectivity index (χ4v) is 1.78. The van der Waals surface area contributed by atoms with Gasteiger partial charge >= 0.3 is 0 Å². The van der Waals surface area contributed by atoms with Crippen LogP contribution in [0.2, 0.25) is 0 Å². The number of halogens is 1. The number of aryl methyl sites for hydroxylation is 1. The second-order valence-corrected chi connectivity index (χ2v) is 4.40. The summed E-state index contributed by atoms with van der Waals surface area (Å²) in [5.41, 5.74) is 1.68. The number of nitrogens with zero attached hydrogens (tertiary/aromatic N) is 1. The highest BCUT2D eigenvalue weighted by Gasteiger charge is 2.10. The van der Waals surface area contributed by atoms with Gasteiger partial charge in [-0.05, 0) is 20.0 Å². The van der Waals surface area contributed by atoms with Crippen LogP contribution in [0.25, 0.3) is 0 Å². The fraction of sp³-hybridized carbons (Fsp3) is 0.538. The van der Waals surface area contributed by atoms with E-state index in [0.717, 1.165) is 5.56 Å². The van der Waals surface area contributed by atoms with E-state index in [0.29, 0.717) is 25.3 Å². The Morgan fingerprint density at radius 3 is 2.82 bits per heavy atom. The van der Waals surface area contributed by atoms with Crippen LogP contribution in [0.4, 0.5) is 4.39 Å². The molecule has 0 aromatic heterocycles. The van der Waals surface area contributed by atoms with Crippen molar-refractivity contribution in [1.82, 2.24) is 4.90 Å². The van der Waals surface area contributed by atoms with E-state index in [-0.39, 0.29) is 5.82 Å². The van der Waals surface area contributed by atoms with Crippen LogP contribution in [0.5, 0.6) is 0 Å². The molecule has 0 aliphatic heterocycles. The Kier molecular flexibility index (Phi) is 5.55. The maximum absolute atomic E-state index is 13.5. The van der Waals surface area contributed by atoms with E-state index in [9.17, 15) is 9.50 Å². The molecule has 1 rings (SSSR count). The zero-order valence-electron chi connectivity index (χ0n) is 10.6. The third kappa shape index (κ3) is 4.81. The first kappa shape index (κ1) is 14.1. The van der Waals surface area contributed by atoms with Crippen molar-refractivity contribution in [1.29, 1.82) is 0 Å². The molecule has 0 heterocycles. The molecule has 0 radical (unpaired) electrons. The SMILES string of the molecule is COCC(O)CN(C)Cc1cc(C)ccc1F. The fourth-order valence-electron chi connectivity index (χ4n) is 1.78. The number of rotatable bonds is 6. The van der Waals surface area contributed by atoms with Gasteiger partial charge in [-0.3, -0.25) is 4.90 Å². The van der Waals surface area contributed by atoms with Crippen molar-refractivity contribution >= 4 is 0 Å². The Morgan fingerprint density at radius 2 is 2.18 bits per heavy atom. The Bertz CT molecular complexity index is 357. The third-order valence-corrected chi connectivity index (χ3v) is 2.52. The van der Waals surface area contributed by atoms with E-state index in [4.69, 9.17) is 4.74 Å². The second-order valence-electron chi connectivity index (χ2n) is 4.40. The number of hydrogen-bond acceptors (Lipinski definition) is 3. The van der Waals surface area contributed by atoms with Gasteiger partial charge in [0, 0.05) is 25.8 Å². The molecule has 0 fully saturated rings. The minimum atomic E-state index is -0.544. The molecule has 0 spiro atoms. The van der Waals surface area contributed by atoms with Gasteiger partial charge in [-0.1, -0.05) is 17.7 Å². The number of likely N-dealkylation sites (N-methyl/N-ethyl adjacent to an activating group) is 1. The number of benzene rings is 1. The van der Waals surface area contributed by atoms with E-state index in [1.165, 1.54) is 6.07 Å². The maximum atomic E-state index is 13.5. The second kappa shape index (κ2) is 6.69. The maximum Gasteiger partial charge on any atom is 0.127 e. The van der Waals surface area contributed by atoms with E-state index in [1.54, 1.807) is 13.2 Å². The summed E-state index contributed by atoms with van der Waals surface area (Å²) >= 11 is 0. The molecule has 1 aromatic rings. The lowest BCUT2D eigenvalue weighted by Crippen LogP contribution is -2.31. The Hall–Kier alpha value is -0.970. The largest absolute Gasteiger partial charge is 0.389 e. The summed E-state index contributed by atoms with van der Waals surface area (Å²) in [5, 5.41) is 9.56. The van der Waals surface area contributed by atoms with Gasteiger partial charge in [0.05, 0.1) is 12.7 Å². The predicted molar refractivity (Wildman–Crippen MR) is 65.4 cm³/mol. The van der Waals surface area contributed by atoms with Gasteiger partial charge in [0.1, 0.15) is 5.82 Å². The number of hydrogen-bond donors (Lipinski definition) is 1. The normalized spacial score (nSPS) is 13.1. The lowest BCUT2D eigenvalue weighted by atomic mass is 10.1. The number of methoxy groups -OCH3 is 1. The average molecular weight is 241 g/mol. The van der Waals surface area contributed by atoms with Gasteiger partial charge in [-0.15, -0.1) is 0 Å².